The summed E-state index contributed by atoms with van der Waals surface area (Å²) in [6.45, 7) is 3.69. The second kappa shape index (κ2) is 11.6. The summed E-state index contributed by atoms with van der Waals surface area (Å²) < 4.78 is 26.9. The summed E-state index contributed by atoms with van der Waals surface area (Å²) in [6, 6.07) is 0. The van der Waals surface area contributed by atoms with E-state index in [4.69, 9.17) is 23.7 Å². The molecule has 19 heavy (non-hydrogen) atoms. The Morgan fingerprint density at radius 2 is 1.32 bits per heavy atom. The molecule has 0 aromatic heterocycles. The number of ether oxygens (including phenoxy) is 5. The normalized spacial score (nSPS) is 23.7. The highest BCUT2D eigenvalue weighted by Gasteiger charge is 2.25. The lowest BCUT2D eigenvalue weighted by Gasteiger charge is -2.30. The second-order valence-corrected chi connectivity index (χ2v) is 4.69. The van der Waals surface area contributed by atoms with Gasteiger partial charge in [0.1, 0.15) is 0 Å². The molecule has 2 unspecified atom stereocenters. The molecule has 1 rings (SSSR count). The quantitative estimate of drug-likeness (QED) is 0.537. The van der Waals surface area contributed by atoms with E-state index >= 15 is 0 Å². The van der Waals surface area contributed by atoms with Gasteiger partial charge in [-0.3, -0.25) is 0 Å². The maximum Gasteiger partial charge on any atom is 0.0837 e. The van der Waals surface area contributed by atoms with Crippen molar-refractivity contribution in [3.8, 4) is 0 Å². The third-order valence-electron chi connectivity index (χ3n) is 3.31. The third kappa shape index (κ3) is 7.84. The highest BCUT2D eigenvalue weighted by Crippen LogP contribution is 2.23. The van der Waals surface area contributed by atoms with Gasteiger partial charge in [0.05, 0.1) is 51.8 Å². The molecule has 1 aliphatic carbocycles. The van der Waals surface area contributed by atoms with Crippen LogP contribution in [0.1, 0.15) is 25.7 Å². The van der Waals surface area contributed by atoms with E-state index in [0.29, 0.717) is 39.6 Å². The van der Waals surface area contributed by atoms with E-state index in [-0.39, 0.29) is 12.2 Å². The fraction of sp³-hybridized carbons (Fsp3) is 1.00. The average Bonchev–Trinajstić information content (AvgIpc) is 2.46. The van der Waals surface area contributed by atoms with Crippen molar-refractivity contribution in [3.05, 3.63) is 0 Å². The highest BCUT2D eigenvalue weighted by atomic mass is 16.6. The molecule has 0 aromatic carbocycles. The molecule has 1 saturated carbocycles. The Bertz CT molecular complexity index is 200. The van der Waals surface area contributed by atoms with Crippen LogP contribution in [-0.2, 0) is 23.7 Å². The SMILES string of the molecule is COCCOCCOCCOC1CCCCC1OC. The predicted molar refractivity (Wildman–Crippen MR) is 72.5 cm³/mol. The summed E-state index contributed by atoms with van der Waals surface area (Å²) in [7, 11) is 3.43. The minimum Gasteiger partial charge on any atom is -0.382 e. The molecule has 0 N–H and O–H groups in total. The first kappa shape index (κ1) is 16.9. The summed E-state index contributed by atoms with van der Waals surface area (Å²) in [5.74, 6) is 0. The van der Waals surface area contributed by atoms with Crippen LogP contribution in [0.5, 0.6) is 0 Å². The summed E-state index contributed by atoms with van der Waals surface area (Å²) in [6.07, 6.45) is 5.17. The van der Waals surface area contributed by atoms with Crippen LogP contribution in [0.4, 0.5) is 0 Å². The van der Waals surface area contributed by atoms with Gasteiger partial charge in [-0.15, -0.1) is 0 Å². The molecule has 0 saturated heterocycles. The molecule has 2 atom stereocenters. The third-order valence-corrected chi connectivity index (χ3v) is 3.31. The lowest BCUT2D eigenvalue weighted by molar-refractivity contribution is -0.0902. The van der Waals surface area contributed by atoms with E-state index < -0.39 is 0 Å². The van der Waals surface area contributed by atoms with Crippen molar-refractivity contribution >= 4 is 0 Å². The largest absolute Gasteiger partial charge is 0.382 e. The standard InChI is InChI=1S/C14H28O5/c1-15-7-8-17-9-10-18-11-12-19-14-6-4-3-5-13(14)16-2/h13-14H,3-12H2,1-2H3. The van der Waals surface area contributed by atoms with Crippen LogP contribution >= 0.6 is 0 Å². The topological polar surface area (TPSA) is 46.2 Å². The molecule has 0 aromatic rings. The van der Waals surface area contributed by atoms with Gasteiger partial charge in [-0.05, 0) is 12.8 Å². The van der Waals surface area contributed by atoms with Gasteiger partial charge in [0, 0.05) is 14.2 Å². The number of hydrogen-bond donors (Lipinski definition) is 0. The molecule has 0 spiro atoms. The van der Waals surface area contributed by atoms with Crippen molar-refractivity contribution < 1.29 is 23.7 Å². The van der Waals surface area contributed by atoms with E-state index in [2.05, 4.69) is 0 Å². The van der Waals surface area contributed by atoms with E-state index in [1.807, 2.05) is 0 Å². The monoisotopic (exact) mass is 276 g/mol. The molecule has 0 bridgehead atoms. The van der Waals surface area contributed by atoms with Crippen LogP contribution < -0.4 is 0 Å². The van der Waals surface area contributed by atoms with Crippen molar-refractivity contribution in [1.82, 2.24) is 0 Å². The molecule has 0 amide bonds. The zero-order chi connectivity index (χ0) is 13.8. The summed E-state index contributed by atoms with van der Waals surface area (Å²) in [5.41, 5.74) is 0. The molecule has 0 heterocycles. The first-order valence-corrected chi connectivity index (χ1v) is 7.17. The highest BCUT2D eigenvalue weighted by molar-refractivity contribution is 4.76. The lowest BCUT2D eigenvalue weighted by Crippen LogP contribution is -2.34. The smallest absolute Gasteiger partial charge is 0.0837 e. The van der Waals surface area contributed by atoms with Crippen LogP contribution in [-0.4, -0.2) is 66.1 Å². The van der Waals surface area contributed by atoms with Gasteiger partial charge >= 0.3 is 0 Å². The van der Waals surface area contributed by atoms with Crippen molar-refractivity contribution in [1.29, 1.82) is 0 Å². The number of methoxy groups -OCH3 is 2. The van der Waals surface area contributed by atoms with Crippen LogP contribution in [0.2, 0.25) is 0 Å². The molecular weight excluding hydrogens is 248 g/mol. The zero-order valence-electron chi connectivity index (χ0n) is 12.3. The molecule has 0 aliphatic heterocycles. The van der Waals surface area contributed by atoms with Crippen molar-refractivity contribution in [2.24, 2.45) is 0 Å². The van der Waals surface area contributed by atoms with E-state index in [0.717, 1.165) is 12.8 Å². The molecule has 1 aliphatic rings. The first-order chi connectivity index (χ1) is 9.38. The van der Waals surface area contributed by atoms with Crippen molar-refractivity contribution in [2.75, 3.05) is 53.9 Å². The summed E-state index contributed by atoms with van der Waals surface area (Å²) >= 11 is 0. The molecule has 5 nitrogen and oxygen atoms in total. The Morgan fingerprint density at radius 1 is 0.737 bits per heavy atom. The van der Waals surface area contributed by atoms with E-state index in [1.54, 1.807) is 14.2 Å². The first-order valence-electron chi connectivity index (χ1n) is 7.17. The van der Waals surface area contributed by atoms with Gasteiger partial charge in [-0.1, -0.05) is 12.8 Å². The van der Waals surface area contributed by atoms with E-state index in [9.17, 15) is 0 Å². The fourth-order valence-electron chi connectivity index (χ4n) is 2.25. The average molecular weight is 276 g/mol. The molecule has 1 fully saturated rings. The van der Waals surface area contributed by atoms with Gasteiger partial charge in [-0.25, -0.2) is 0 Å². The second-order valence-electron chi connectivity index (χ2n) is 4.69. The van der Waals surface area contributed by atoms with Gasteiger partial charge in [0.15, 0.2) is 0 Å². The zero-order valence-corrected chi connectivity index (χ0v) is 12.3. The van der Waals surface area contributed by atoms with Crippen molar-refractivity contribution in [3.63, 3.8) is 0 Å². The number of hydrogen-bond acceptors (Lipinski definition) is 5. The van der Waals surface area contributed by atoms with Gasteiger partial charge in [-0.2, -0.15) is 0 Å². The molecule has 5 heteroatoms. The van der Waals surface area contributed by atoms with E-state index in [1.165, 1.54) is 12.8 Å². The maximum absolute atomic E-state index is 5.82. The van der Waals surface area contributed by atoms with Crippen LogP contribution in [0, 0.1) is 0 Å². The Labute approximate surface area is 116 Å². The molecule has 0 radical (unpaired) electrons. The fourth-order valence-corrected chi connectivity index (χ4v) is 2.25. The molecular formula is C14H28O5. The Hall–Kier alpha value is -0.200. The van der Waals surface area contributed by atoms with Crippen molar-refractivity contribution in [2.45, 2.75) is 37.9 Å². The minimum atomic E-state index is 0.236. The Kier molecular flexibility index (Phi) is 10.3. The predicted octanol–water partition coefficient (Wildman–Crippen LogP) is 1.64. The summed E-state index contributed by atoms with van der Waals surface area (Å²) in [5, 5.41) is 0. The van der Waals surface area contributed by atoms with Crippen LogP contribution in [0.25, 0.3) is 0 Å². The Morgan fingerprint density at radius 3 is 1.95 bits per heavy atom. The maximum atomic E-state index is 5.82. The van der Waals surface area contributed by atoms with Gasteiger partial charge < -0.3 is 23.7 Å². The van der Waals surface area contributed by atoms with Crippen LogP contribution in [0.15, 0.2) is 0 Å². The minimum absolute atomic E-state index is 0.236. The van der Waals surface area contributed by atoms with Gasteiger partial charge in [0.25, 0.3) is 0 Å². The summed E-state index contributed by atoms with van der Waals surface area (Å²) in [4.78, 5) is 0. The van der Waals surface area contributed by atoms with Crippen LogP contribution in [0.3, 0.4) is 0 Å². The Balaban J connectivity index is 1.89. The lowest BCUT2D eigenvalue weighted by atomic mass is 9.94. The van der Waals surface area contributed by atoms with Gasteiger partial charge in [0.2, 0.25) is 0 Å². The molecule has 114 valence electrons. The number of rotatable bonds is 11.